The molecular formula is C12H22N4. The Morgan fingerprint density at radius 2 is 2.25 bits per heavy atom. The van der Waals surface area contributed by atoms with E-state index in [2.05, 4.69) is 22.7 Å². The van der Waals surface area contributed by atoms with E-state index in [-0.39, 0.29) is 0 Å². The molecule has 0 aromatic carbocycles. The molecule has 1 aliphatic carbocycles. The molecule has 4 heteroatoms. The van der Waals surface area contributed by atoms with Crippen LogP contribution in [-0.4, -0.2) is 28.9 Å². The fourth-order valence-corrected chi connectivity index (χ4v) is 1.75. The predicted molar refractivity (Wildman–Crippen MR) is 65.3 cm³/mol. The van der Waals surface area contributed by atoms with Gasteiger partial charge in [0.1, 0.15) is 0 Å². The number of hydrogen-bond donors (Lipinski definition) is 2. The highest BCUT2D eigenvalue weighted by Gasteiger charge is 2.19. The summed E-state index contributed by atoms with van der Waals surface area (Å²) in [4.78, 5) is 0. The van der Waals surface area contributed by atoms with Crippen molar-refractivity contribution in [2.75, 3.05) is 13.1 Å². The quantitative estimate of drug-likeness (QED) is 0.675. The van der Waals surface area contributed by atoms with Crippen LogP contribution in [0, 0.1) is 6.92 Å². The van der Waals surface area contributed by atoms with E-state index in [1.807, 2.05) is 17.9 Å². The summed E-state index contributed by atoms with van der Waals surface area (Å²) in [5.74, 6) is 0. The Bertz CT molecular complexity index is 328. The minimum Gasteiger partial charge on any atom is -0.314 e. The van der Waals surface area contributed by atoms with Crippen molar-refractivity contribution >= 4 is 0 Å². The molecule has 16 heavy (non-hydrogen) atoms. The lowest BCUT2D eigenvalue weighted by Gasteiger charge is -2.05. The van der Waals surface area contributed by atoms with E-state index in [1.54, 1.807) is 0 Å². The average molecular weight is 222 g/mol. The maximum Gasteiger partial charge on any atom is 0.0537 e. The van der Waals surface area contributed by atoms with Gasteiger partial charge in [0.2, 0.25) is 0 Å². The van der Waals surface area contributed by atoms with Crippen molar-refractivity contribution in [3.05, 3.63) is 17.5 Å². The number of nitrogens with zero attached hydrogens (tertiary/aromatic N) is 2. The summed E-state index contributed by atoms with van der Waals surface area (Å²) in [6.45, 7) is 5.26. The van der Waals surface area contributed by atoms with Gasteiger partial charge in [0.15, 0.2) is 0 Å². The van der Waals surface area contributed by atoms with Gasteiger partial charge in [-0.25, -0.2) is 0 Å². The Morgan fingerprint density at radius 3 is 2.88 bits per heavy atom. The highest BCUT2D eigenvalue weighted by molar-refractivity contribution is 5.15. The summed E-state index contributed by atoms with van der Waals surface area (Å²) >= 11 is 0. The Labute approximate surface area is 97.4 Å². The number of nitrogens with one attached hydrogen (secondary N) is 2. The standard InChI is InChI=1S/C12H22N4/c1-10-11(9-15-16(10)2)8-13-6-3-7-14-12-4-5-12/h9,12-14H,3-8H2,1-2H3. The second kappa shape index (κ2) is 5.46. The maximum absolute atomic E-state index is 4.23. The van der Waals surface area contributed by atoms with Gasteiger partial charge in [0.05, 0.1) is 6.20 Å². The van der Waals surface area contributed by atoms with Crippen molar-refractivity contribution in [2.24, 2.45) is 7.05 Å². The van der Waals surface area contributed by atoms with Crippen LogP contribution >= 0.6 is 0 Å². The lowest BCUT2D eigenvalue weighted by molar-refractivity contribution is 0.592. The number of rotatable bonds is 7. The van der Waals surface area contributed by atoms with Crippen LogP contribution in [-0.2, 0) is 13.6 Å². The van der Waals surface area contributed by atoms with Gasteiger partial charge >= 0.3 is 0 Å². The molecule has 4 nitrogen and oxygen atoms in total. The van der Waals surface area contributed by atoms with Crippen LogP contribution < -0.4 is 10.6 Å². The van der Waals surface area contributed by atoms with E-state index < -0.39 is 0 Å². The lowest BCUT2D eigenvalue weighted by atomic mass is 10.2. The van der Waals surface area contributed by atoms with E-state index in [4.69, 9.17) is 0 Å². The zero-order chi connectivity index (χ0) is 11.4. The monoisotopic (exact) mass is 222 g/mol. The maximum atomic E-state index is 4.23. The third-order valence-electron chi connectivity index (χ3n) is 3.19. The summed E-state index contributed by atoms with van der Waals surface area (Å²) in [5, 5.41) is 11.2. The second-order valence-corrected chi connectivity index (χ2v) is 4.64. The molecule has 0 bridgehead atoms. The molecule has 1 aromatic rings. The summed E-state index contributed by atoms with van der Waals surface area (Å²) in [7, 11) is 1.98. The topological polar surface area (TPSA) is 41.9 Å². The van der Waals surface area contributed by atoms with E-state index in [9.17, 15) is 0 Å². The first kappa shape index (κ1) is 11.6. The second-order valence-electron chi connectivity index (χ2n) is 4.64. The molecule has 1 aromatic heterocycles. The van der Waals surface area contributed by atoms with Gasteiger partial charge in [0, 0.05) is 30.9 Å². The van der Waals surface area contributed by atoms with Crippen LogP contribution in [0.4, 0.5) is 0 Å². The molecule has 2 N–H and O–H groups in total. The van der Waals surface area contributed by atoms with Gasteiger partial charge < -0.3 is 10.6 Å². The van der Waals surface area contributed by atoms with Crippen LogP contribution in [0.2, 0.25) is 0 Å². The molecule has 0 amide bonds. The lowest BCUT2D eigenvalue weighted by Crippen LogP contribution is -2.23. The largest absolute Gasteiger partial charge is 0.314 e. The van der Waals surface area contributed by atoms with Crippen LogP contribution in [0.3, 0.4) is 0 Å². The number of aryl methyl sites for hydroxylation is 1. The summed E-state index contributed by atoms with van der Waals surface area (Å²) in [6, 6.07) is 0.834. The molecular weight excluding hydrogens is 200 g/mol. The van der Waals surface area contributed by atoms with Crippen LogP contribution in [0.1, 0.15) is 30.5 Å². The van der Waals surface area contributed by atoms with Crippen molar-refractivity contribution in [1.82, 2.24) is 20.4 Å². The minimum absolute atomic E-state index is 0.834. The van der Waals surface area contributed by atoms with Crippen LogP contribution in [0.5, 0.6) is 0 Å². The zero-order valence-corrected chi connectivity index (χ0v) is 10.3. The van der Waals surface area contributed by atoms with Crippen molar-refractivity contribution in [1.29, 1.82) is 0 Å². The van der Waals surface area contributed by atoms with Gasteiger partial charge in [-0.1, -0.05) is 0 Å². The molecule has 0 spiro atoms. The Kier molecular flexibility index (Phi) is 3.96. The van der Waals surface area contributed by atoms with Gasteiger partial charge in [-0.05, 0) is 39.3 Å². The molecule has 90 valence electrons. The molecule has 0 saturated heterocycles. The fourth-order valence-electron chi connectivity index (χ4n) is 1.75. The fraction of sp³-hybridized carbons (Fsp3) is 0.750. The zero-order valence-electron chi connectivity index (χ0n) is 10.3. The molecule has 0 unspecified atom stereocenters. The third-order valence-corrected chi connectivity index (χ3v) is 3.19. The van der Waals surface area contributed by atoms with Gasteiger partial charge in [-0.15, -0.1) is 0 Å². The smallest absolute Gasteiger partial charge is 0.0537 e. The third kappa shape index (κ3) is 3.32. The first-order valence-corrected chi connectivity index (χ1v) is 6.19. The number of aromatic nitrogens is 2. The van der Waals surface area contributed by atoms with Crippen LogP contribution in [0.15, 0.2) is 6.20 Å². The first-order valence-electron chi connectivity index (χ1n) is 6.19. The van der Waals surface area contributed by atoms with E-state index in [0.29, 0.717) is 0 Å². The molecule has 1 saturated carbocycles. The SMILES string of the molecule is Cc1c(CNCCCNC2CC2)cnn1C. The summed E-state index contributed by atoms with van der Waals surface area (Å²) in [6.07, 6.45) is 5.91. The molecule has 0 atom stereocenters. The molecule has 0 radical (unpaired) electrons. The Morgan fingerprint density at radius 1 is 1.44 bits per heavy atom. The van der Waals surface area contributed by atoms with Crippen molar-refractivity contribution in [3.8, 4) is 0 Å². The molecule has 1 heterocycles. The van der Waals surface area contributed by atoms with Gasteiger partial charge in [-0.2, -0.15) is 5.10 Å². The average Bonchev–Trinajstić information content (AvgIpc) is 3.04. The Balaban J connectivity index is 1.55. The minimum atomic E-state index is 0.834. The Hall–Kier alpha value is -0.870. The predicted octanol–water partition coefficient (Wildman–Crippen LogP) is 0.960. The van der Waals surface area contributed by atoms with Crippen LogP contribution in [0.25, 0.3) is 0 Å². The normalized spacial score (nSPS) is 15.6. The van der Waals surface area contributed by atoms with E-state index >= 15 is 0 Å². The molecule has 2 rings (SSSR count). The molecule has 0 aliphatic heterocycles. The highest BCUT2D eigenvalue weighted by atomic mass is 15.3. The van der Waals surface area contributed by atoms with Crippen molar-refractivity contribution < 1.29 is 0 Å². The van der Waals surface area contributed by atoms with Gasteiger partial charge in [0.25, 0.3) is 0 Å². The molecule has 1 fully saturated rings. The van der Waals surface area contributed by atoms with Crippen molar-refractivity contribution in [3.63, 3.8) is 0 Å². The first-order chi connectivity index (χ1) is 7.77. The van der Waals surface area contributed by atoms with Crippen molar-refractivity contribution in [2.45, 2.75) is 38.8 Å². The molecule has 1 aliphatic rings. The summed E-state index contributed by atoms with van der Waals surface area (Å²) in [5.41, 5.74) is 2.56. The summed E-state index contributed by atoms with van der Waals surface area (Å²) < 4.78 is 1.92. The number of hydrogen-bond acceptors (Lipinski definition) is 3. The van der Waals surface area contributed by atoms with E-state index in [1.165, 1.54) is 30.5 Å². The van der Waals surface area contributed by atoms with Gasteiger partial charge in [-0.3, -0.25) is 4.68 Å². The van der Waals surface area contributed by atoms with E-state index in [0.717, 1.165) is 25.7 Å². The highest BCUT2D eigenvalue weighted by Crippen LogP contribution is 2.18.